The number of anilines is 3. The zero-order valence-corrected chi connectivity index (χ0v) is 36.0. The number of hydrogen-bond donors (Lipinski definition) is 3. The van der Waals surface area contributed by atoms with Crippen molar-refractivity contribution in [2.24, 2.45) is 5.92 Å². The van der Waals surface area contributed by atoms with Gasteiger partial charge in [0.15, 0.2) is 14.0 Å². The Kier molecular flexibility index (Phi) is 11.9. The molecule has 4 heterocycles. The van der Waals surface area contributed by atoms with Crippen LogP contribution in [-0.2, 0) is 15.6 Å². The Hall–Kier alpha value is -4.35. The van der Waals surface area contributed by atoms with E-state index in [-0.39, 0.29) is 45.0 Å². The molecule has 2 aromatic heterocycles. The summed E-state index contributed by atoms with van der Waals surface area (Å²) in [7, 11) is -2.32. The molecule has 3 atom stereocenters. The molecule has 1 fully saturated rings. The summed E-state index contributed by atoms with van der Waals surface area (Å²) in [5.74, 6) is -2.36. The maximum Gasteiger partial charge on any atom is 0.413 e. The first-order chi connectivity index (χ1) is 25.8. The molecule has 3 aromatic rings. The van der Waals surface area contributed by atoms with Crippen LogP contribution in [0.25, 0.3) is 10.6 Å². The largest absolute Gasteiger partial charge is 0.477 e. The Balaban J connectivity index is 1.58. The van der Waals surface area contributed by atoms with Crippen molar-refractivity contribution in [1.82, 2.24) is 15.3 Å². The number of fused-ring (bicyclic) bond motifs is 1. The number of hydrogen-bond acceptors (Lipinski definition) is 10. The zero-order chi connectivity index (χ0) is 41.7. The molecule has 2 aliphatic heterocycles. The molecule has 1 aromatic carbocycles. The van der Waals surface area contributed by atoms with E-state index in [1.807, 2.05) is 0 Å². The molecule has 5 rings (SSSR count). The number of rotatable bonds is 8. The Morgan fingerprint density at radius 3 is 2.27 bits per heavy atom. The van der Waals surface area contributed by atoms with Crippen LogP contribution >= 0.6 is 11.3 Å². The van der Waals surface area contributed by atoms with Gasteiger partial charge in [0.1, 0.15) is 27.2 Å². The third-order valence-electron chi connectivity index (χ3n) is 10.2. The molecule has 3 N–H and O–H groups in total. The van der Waals surface area contributed by atoms with Gasteiger partial charge in [0.2, 0.25) is 5.88 Å². The average Bonchev–Trinajstić information content (AvgIpc) is 3.68. The number of ether oxygens (including phenoxy) is 2. The number of halogens is 2. The number of alkyl carbamates (subject to hydrolysis) is 1. The standard InChI is InChI=1S/C39H54F2N6O7SSi/c1-21-19-46(20-26(44-35(49)53-38(5,6)7)30(21)54-56(11,12)39(8,9)10)29-22-16-17-52-32(22)42-18-25(29)43-31(48)28-34(47(36(50)51)37(2,3)4)55-33(45-28)27-23(40)14-13-15-24(27)41/h13-15,18,21,26,30H,16-17,19-20H2,1-12H3,(H,43,48)(H,44,49)(H,50,51)/t21-,26+,30+/m0/s1. The fraction of sp³-hybridized carbons (Fsp3) is 0.564. The van der Waals surface area contributed by atoms with E-state index in [1.54, 1.807) is 41.5 Å². The van der Waals surface area contributed by atoms with Gasteiger partial charge in [-0.1, -0.05) is 45.1 Å². The van der Waals surface area contributed by atoms with Gasteiger partial charge < -0.3 is 34.5 Å². The summed E-state index contributed by atoms with van der Waals surface area (Å²) in [6.45, 7) is 24.3. The number of amides is 3. The molecule has 0 unspecified atom stereocenters. The van der Waals surface area contributed by atoms with Crippen molar-refractivity contribution in [3.8, 4) is 16.5 Å². The van der Waals surface area contributed by atoms with Crippen LogP contribution in [-0.4, -0.2) is 84.5 Å². The smallest absolute Gasteiger partial charge is 0.413 e. The summed E-state index contributed by atoms with van der Waals surface area (Å²) in [5, 5.41) is 15.9. The molecule has 0 spiro atoms. The average molecular weight is 817 g/mol. The van der Waals surface area contributed by atoms with E-state index in [0.29, 0.717) is 42.5 Å². The van der Waals surface area contributed by atoms with Crippen LogP contribution in [0.15, 0.2) is 24.4 Å². The monoisotopic (exact) mass is 816 g/mol. The van der Waals surface area contributed by atoms with Crippen LogP contribution in [0.3, 0.4) is 0 Å². The summed E-state index contributed by atoms with van der Waals surface area (Å²) >= 11 is 0.696. The summed E-state index contributed by atoms with van der Waals surface area (Å²) in [5.41, 5.74) is -1.00. The first-order valence-electron chi connectivity index (χ1n) is 18.7. The normalized spacial score (nSPS) is 18.9. The molecule has 56 heavy (non-hydrogen) atoms. The van der Waals surface area contributed by atoms with Gasteiger partial charge in [-0.3, -0.25) is 9.69 Å². The van der Waals surface area contributed by atoms with E-state index in [4.69, 9.17) is 13.9 Å². The molecule has 1 saturated heterocycles. The maximum atomic E-state index is 15.0. The number of thiazole rings is 1. The Labute approximate surface area is 332 Å². The molecule has 2 aliphatic rings. The lowest BCUT2D eigenvalue weighted by atomic mass is 9.91. The first-order valence-corrected chi connectivity index (χ1v) is 22.4. The van der Waals surface area contributed by atoms with Crippen LogP contribution in [0.2, 0.25) is 18.1 Å². The lowest BCUT2D eigenvalue weighted by Crippen LogP contribution is -2.63. The Morgan fingerprint density at radius 2 is 1.70 bits per heavy atom. The van der Waals surface area contributed by atoms with Gasteiger partial charge in [0.05, 0.1) is 41.9 Å². The van der Waals surface area contributed by atoms with Gasteiger partial charge in [-0.05, 0) is 71.8 Å². The number of pyridine rings is 1. The second-order valence-electron chi connectivity index (χ2n) is 17.9. The summed E-state index contributed by atoms with van der Waals surface area (Å²) < 4.78 is 48.6. The number of carbonyl (C=O) groups excluding carboxylic acids is 2. The van der Waals surface area contributed by atoms with Crippen molar-refractivity contribution in [1.29, 1.82) is 0 Å². The van der Waals surface area contributed by atoms with E-state index >= 15 is 8.78 Å². The van der Waals surface area contributed by atoms with Gasteiger partial charge >= 0.3 is 12.2 Å². The number of nitrogens with zero attached hydrogens (tertiary/aromatic N) is 4. The molecule has 0 aliphatic carbocycles. The van der Waals surface area contributed by atoms with Crippen LogP contribution in [0, 0.1) is 17.6 Å². The Bertz CT molecular complexity index is 1970. The first kappa shape index (κ1) is 42.8. The molecule has 3 amide bonds. The molecule has 0 radical (unpaired) electrons. The van der Waals surface area contributed by atoms with Crippen LogP contribution in [0.4, 0.5) is 34.7 Å². The molecule has 0 saturated carbocycles. The number of nitrogens with one attached hydrogen (secondary N) is 2. The van der Waals surface area contributed by atoms with Crippen molar-refractivity contribution in [2.75, 3.05) is 34.8 Å². The molecule has 13 nitrogen and oxygen atoms in total. The lowest BCUT2D eigenvalue weighted by Gasteiger charge is -2.49. The summed E-state index contributed by atoms with van der Waals surface area (Å²) in [6, 6.07) is 2.80. The van der Waals surface area contributed by atoms with Gasteiger partial charge in [0.25, 0.3) is 5.91 Å². The number of benzene rings is 1. The van der Waals surface area contributed by atoms with Crippen LogP contribution < -0.4 is 25.2 Å². The van der Waals surface area contributed by atoms with Crippen molar-refractivity contribution < 1.29 is 42.2 Å². The maximum absolute atomic E-state index is 15.0. The second-order valence-corrected chi connectivity index (χ2v) is 23.6. The minimum absolute atomic E-state index is 0.100. The molecular weight excluding hydrogens is 763 g/mol. The zero-order valence-electron chi connectivity index (χ0n) is 34.2. The highest BCUT2D eigenvalue weighted by Crippen LogP contribution is 2.44. The molecule has 0 bridgehead atoms. The molecular formula is C39H54F2N6O7SSi. The topological polar surface area (TPSA) is 155 Å². The van der Waals surface area contributed by atoms with Crippen LogP contribution in [0.1, 0.15) is 85.3 Å². The predicted molar refractivity (Wildman–Crippen MR) is 216 cm³/mol. The van der Waals surface area contributed by atoms with Gasteiger partial charge in [-0.2, -0.15) is 0 Å². The predicted octanol–water partition coefficient (Wildman–Crippen LogP) is 8.69. The minimum Gasteiger partial charge on any atom is -0.477 e. The number of carbonyl (C=O) groups is 3. The number of carboxylic acid groups (broad SMARTS) is 1. The lowest BCUT2D eigenvalue weighted by molar-refractivity contribution is 0.0336. The van der Waals surface area contributed by atoms with Gasteiger partial charge in [-0.15, -0.1) is 0 Å². The fourth-order valence-corrected chi connectivity index (χ4v) is 9.33. The number of aromatic nitrogens is 2. The molecule has 306 valence electrons. The highest BCUT2D eigenvalue weighted by molar-refractivity contribution is 7.19. The van der Waals surface area contributed by atoms with E-state index in [0.717, 1.165) is 22.6 Å². The third-order valence-corrected chi connectivity index (χ3v) is 15.7. The van der Waals surface area contributed by atoms with Crippen molar-refractivity contribution in [3.63, 3.8) is 0 Å². The highest BCUT2D eigenvalue weighted by atomic mass is 32.1. The van der Waals surface area contributed by atoms with Gasteiger partial charge in [0, 0.05) is 36.5 Å². The quantitative estimate of drug-likeness (QED) is 0.188. The second kappa shape index (κ2) is 15.5. The van der Waals surface area contributed by atoms with Crippen molar-refractivity contribution >= 4 is 54.1 Å². The van der Waals surface area contributed by atoms with Crippen LogP contribution in [0.5, 0.6) is 5.88 Å². The Morgan fingerprint density at radius 1 is 1.05 bits per heavy atom. The summed E-state index contributed by atoms with van der Waals surface area (Å²) in [4.78, 5) is 52.3. The van der Waals surface area contributed by atoms with Crippen molar-refractivity contribution in [2.45, 2.75) is 117 Å². The van der Waals surface area contributed by atoms with Crippen molar-refractivity contribution in [3.05, 3.63) is 47.3 Å². The SMILES string of the molecule is C[C@H]1CN(c2c(NC(=O)c3nc(-c4c(F)cccc4F)sc3N(C(=O)O)C(C)(C)C)cnc3c2CCO3)C[C@@H](NC(=O)OC(C)(C)C)[C@@H]1O[Si](C)(C)C(C)(C)C. The van der Waals surface area contributed by atoms with E-state index in [1.165, 1.54) is 12.3 Å². The van der Waals surface area contributed by atoms with E-state index < -0.39 is 60.8 Å². The van der Waals surface area contributed by atoms with E-state index in [2.05, 4.69) is 66.3 Å². The number of piperidine rings is 1. The van der Waals surface area contributed by atoms with E-state index in [9.17, 15) is 19.5 Å². The van der Waals surface area contributed by atoms with Gasteiger partial charge in [-0.25, -0.2) is 28.3 Å². The molecule has 17 heteroatoms. The summed E-state index contributed by atoms with van der Waals surface area (Å²) in [6.07, 6.45) is -0.391. The highest BCUT2D eigenvalue weighted by Gasteiger charge is 2.46. The fourth-order valence-electron chi connectivity index (χ4n) is 6.61. The third kappa shape index (κ3) is 9.10. The minimum atomic E-state index is -2.32.